The smallest absolute Gasteiger partial charge is 0.223 e. The molecule has 2 rings (SSSR count). The van der Waals surface area contributed by atoms with E-state index in [4.69, 9.17) is 5.73 Å². The maximum absolute atomic E-state index is 12.0. The Kier molecular flexibility index (Phi) is 11.4. The number of halogens is 2. The minimum absolute atomic E-state index is 0. The van der Waals surface area contributed by atoms with Crippen molar-refractivity contribution in [3.8, 4) is 0 Å². The lowest BCUT2D eigenvalue weighted by atomic mass is 9.85. The standard InChI is InChI=1S/C16H24N4O2.2ClH/c17-14-5-1-4-13(9-14)16(22)19-8-6-15(21)20-11-12-3-2-7-18-10-12;;/h2-3,7,10,13-14H,1,4-6,8-9,11,17H2,(H,19,22)(H,20,21);2*1H. The summed E-state index contributed by atoms with van der Waals surface area (Å²) in [5, 5.41) is 5.64. The van der Waals surface area contributed by atoms with E-state index in [1.165, 1.54) is 0 Å². The molecule has 0 bridgehead atoms. The second-order valence-electron chi connectivity index (χ2n) is 5.80. The summed E-state index contributed by atoms with van der Waals surface area (Å²) in [6.45, 7) is 0.821. The first kappa shape index (κ1) is 22.6. The average molecular weight is 377 g/mol. The summed E-state index contributed by atoms with van der Waals surface area (Å²) in [4.78, 5) is 27.7. The van der Waals surface area contributed by atoms with Crippen molar-refractivity contribution in [3.05, 3.63) is 30.1 Å². The van der Waals surface area contributed by atoms with E-state index in [0.29, 0.717) is 13.1 Å². The second-order valence-corrected chi connectivity index (χ2v) is 5.80. The highest BCUT2D eigenvalue weighted by molar-refractivity contribution is 5.85. The van der Waals surface area contributed by atoms with Gasteiger partial charge in [0.15, 0.2) is 0 Å². The van der Waals surface area contributed by atoms with Crippen LogP contribution in [0.15, 0.2) is 24.5 Å². The lowest BCUT2D eigenvalue weighted by molar-refractivity contribution is -0.126. The van der Waals surface area contributed by atoms with E-state index in [-0.39, 0.29) is 55.0 Å². The summed E-state index contributed by atoms with van der Waals surface area (Å²) < 4.78 is 0. The molecule has 1 aliphatic carbocycles. The van der Waals surface area contributed by atoms with Crippen molar-refractivity contribution in [2.24, 2.45) is 11.7 Å². The molecule has 1 aromatic heterocycles. The molecular weight excluding hydrogens is 351 g/mol. The van der Waals surface area contributed by atoms with Gasteiger partial charge in [0.1, 0.15) is 0 Å². The van der Waals surface area contributed by atoms with Crippen molar-refractivity contribution in [2.75, 3.05) is 6.54 Å². The highest BCUT2D eigenvalue weighted by Gasteiger charge is 2.24. The van der Waals surface area contributed by atoms with E-state index in [2.05, 4.69) is 15.6 Å². The van der Waals surface area contributed by atoms with Gasteiger partial charge in [-0.25, -0.2) is 0 Å². The summed E-state index contributed by atoms with van der Waals surface area (Å²) in [6.07, 6.45) is 7.34. The quantitative estimate of drug-likeness (QED) is 0.701. The molecule has 24 heavy (non-hydrogen) atoms. The van der Waals surface area contributed by atoms with Crippen LogP contribution in [0.1, 0.15) is 37.7 Å². The lowest BCUT2D eigenvalue weighted by Gasteiger charge is -2.25. The number of aromatic nitrogens is 1. The molecule has 0 saturated heterocycles. The molecule has 1 saturated carbocycles. The van der Waals surface area contributed by atoms with Crippen molar-refractivity contribution >= 4 is 36.6 Å². The average Bonchev–Trinajstić information content (AvgIpc) is 2.54. The van der Waals surface area contributed by atoms with Gasteiger partial charge in [-0.05, 0) is 30.9 Å². The number of nitrogens with two attached hydrogens (primary N) is 1. The zero-order chi connectivity index (χ0) is 15.8. The van der Waals surface area contributed by atoms with Crippen LogP contribution in [-0.4, -0.2) is 29.4 Å². The Morgan fingerprint density at radius 1 is 1.25 bits per heavy atom. The number of nitrogens with one attached hydrogen (secondary N) is 2. The largest absolute Gasteiger partial charge is 0.355 e. The molecule has 6 nitrogen and oxygen atoms in total. The van der Waals surface area contributed by atoms with Crippen LogP contribution in [0, 0.1) is 5.92 Å². The van der Waals surface area contributed by atoms with Crippen molar-refractivity contribution in [2.45, 2.75) is 44.7 Å². The number of carbonyl (C=O) groups excluding carboxylic acids is 2. The SMILES string of the molecule is Cl.Cl.NC1CCCC(C(=O)NCCC(=O)NCc2cccnc2)C1. The van der Waals surface area contributed by atoms with E-state index in [1.54, 1.807) is 12.4 Å². The van der Waals surface area contributed by atoms with Crippen LogP contribution in [0.25, 0.3) is 0 Å². The van der Waals surface area contributed by atoms with Crippen LogP contribution in [0.2, 0.25) is 0 Å². The van der Waals surface area contributed by atoms with Crippen molar-refractivity contribution in [1.29, 1.82) is 0 Å². The zero-order valence-corrected chi connectivity index (χ0v) is 15.2. The number of rotatable bonds is 6. The molecule has 8 heteroatoms. The van der Waals surface area contributed by atoms with E-state index in [0.717, 1.165) is 31.2 Å². The minimum Gasteiger partial charge on any atom is -0.355 e. The topological polar surface area (TPSA) is 97.1 Å². The van der Waals surface area contributed by atoms with Gasteiger partial charge < -0.3 is 16.4 Å². The molecule has 2 atom stereocenters. The highest BCUT2D eigenvalue weighted by Crippen LogP contribution is 2.22. The fraction of sp³-hybridized carbons (Fsp3) is 0.562. The molecule has 1 heterocycles. The van der Waals surface area contributed by atoms with Crippen LogP contribution < -0.4 is 16.4 Å². The molecule has 1 aromatic rings. The van der Waals surface area contributed by atoms with Crippen LogP contribution in [-0.2, 0) is 16.1 Å². The summed E-state index contributed by atoms with van der Waals surface area (Å²) >= 11 is 0. The fourth-order valence-corrected chi connectivity index (χ4v) is 2.70. The third kappa shape index (κ3) is 7.95. The normalized spacial score (nSPS) is 19.4. The maximum Gasteiger partial charge on any atom is 0.223 e. The van der Waals surface area contributed by atoms with Gasteiger partial charge in [0.2, 0.25) is 11.8 Å². The Labute approximate surface area is 155 Å². The summed E-state index contributed by atoms with van der Waals surface area (Å²) in [6, 6.07) is 3.87. The first-order valence-corrected chi connectivity index (χ1v) is 7.84. The molecule has 0 radical (unpaired) electrons. The van der Waals surface area contributed by atoms with Crippen molar-refractivity contribution in [1.82, 2.24) is 15.6 Å². The zero-order valence-electron chi connectivity index (χ0n) is 13.6. The molecule has 0 spiro atoms. The van der Waals surface area contributed by atoms with Crippen molar-refractivity contribution in [3.63, 3.8) is 0 Å². The summed E-state index contributed by atoms with van der Waals surface area (Å²) in [7, 11) is 0. The molecule has 2 unspecified atom stereocenters. The number of nitrogens with zero attached hydrogens (tertiary/aromatic N) is 1. The monoisotopic (exact) mass is 376 g/mol. The Bertz CT molecular complexity index is 502. The van der Waals surface area contributed by atoms with E-state index < -0.39 is 0 Å². The van der Waals surface area contributed by atoms with Gasteiger partial charge in [-0.3, -0.25) is 14.6 Å². The molecule has 2 amide bonds. The fourth-order valence-electron chi connectivity index (χ4n) is 2.70. The molecule has 4 N–H and O–H groups in total. The second kappa shape index (κ2) is 12.1. The van der Waals surface area contributed by atoms with Gasteiger partial charge in [-0.2, -0.15) is 0 Å². The summed E-state index contributed by atoms with van der Waals surface area (Å²) in [5.74, 6) is -0.0538. The first-order chi connectivity index (χ1) is 10.6. The molecule has 1 fully saturated rings. The number of hydrogen-bond acceptors (Lipinski definition) is 4. The van der Waals surface area contributed by atoms with Gasteiger partial charge in [-0.1, -0.05) is 12.5 Å². The number of amides is 2. The number of carbonyl (C=O) groups is 2. The Balaban J connectivity index is 0.00000264. The van der Waals surface area contributed by atoms with Crippen molar-refractivity contribution < 1.29 is 9.59 Å². The predicted octanol–water partition coefficient (Wildman–Crippen LogP) is 1.57. The molecular formula is C16H26Cl2N4O2. The highest BCUT2D eigenvalue weighted by atomic mass is 35.5. The minimum atomic E-state index is -0.0792. The van der Waals surface area contributed by atoms with Gasteiger partial charge in [-0.15, -0.1) is 24.8 Å². The van der Waals surface area contributed by atoms with E-state index in [1.807, 2.05) is 12.1 Å². The van der Waals surface area contributed by atoms with Gasteiger partial charge in [0.25, 0.3) is 0 Å². The van der Waals surface area contributed by atoms with Crippen LogP contribution in [0.4, 0.5) is 0 Å². The van der Waals surface area contributed by atoms with Crippen LogP contribution in [0.5, 0.6) is 0 Å². The number of pyridine rings is 1. The third-order valence-corrected chi connectivity index (χ3v) is 3.95. The van der Waals surface area contributed by atoms with Crippen LogP contribution >= 0.6 is 24.8 Å². The molecule has 0 aromatic carbocycles. The summed E-state index contributed by atoms with van der Waals surface area (Å²) in [5.41, 5.74) is 6.84. The predicted molar refractivity (Wildman–Crippen MR) is 98.1 cm³/mol. The third-order valence-electron chi connectivity index (χ3n) is 3.95. The number of hydrogen-bond donors (Lipinski definition) is 3. The van der Waals surface area contributed by atoms with E-state index in [9.17, 15) is 9.59 Å². The van der Waals surface area contributed by atoms with Gasteiger partial charge in [0, 0.05) is 43.9 Å². The molecule has 1 aliphatic rings. The van der Waals surface area contributed by atoms with Gasteiger partial charge >= 0.3 is 0 Å². The van der Waals surface area contributed by atoms with Crippen LogP contribution in [0.3, 0.4) is 0 Å². The van der Waals surface area contributed by atoms with E-state index >= 15 is 0 Å². The molecule has 0 aliphatic heterocycles. The Morgan fingerprint density at radius 2 is 2.04 bits per heavy atom. The Morgan fingerprint density at radius 3 is 2.71 bits per heavy atom. The van der Waals surface area contributed by atoms with Gasteiger partial charge in [0.05, 0.1) is 0 Å². The maximum atomic E-state index is 12.0. The Hall–Kier alpha value is -1.37. The molecule has 136 valence electrons. The first-order valence-electron chi connectivity index (χ1n) is 7.84. The lowest BCUT2D eigenvalue weighted by Crippen LogP contribution is -2.39.